The molecule has 1 aliphatic carbocycles. The Labute approximate surface area is 95.6 Å². The van der Waals surface area contributed by atoms with Crippen molar-refractivity contribution in [2.75, 3.05) is 19.0 Å². The molecule has 0 saturated heterocycles. The first kappa shape index (κ1) is 11.4. The second kappa shape index (κ2) is 5.84. The lowest BCUT2D eigenvalue weighted by Gasteiger charge is -2.21. The van der Waals surface area contributed by atoms with E-state index in [2.05, 4.69) is 15.5 Å². The molecule has 1 fully saturated rings. The molecule has 2 rings (SSSR count). The molecule has 1 aromatic heterocycles. The number of anilines is 1. The van der Waals surface area contributed by atoms with Gasteiger partial charge in [-0.15, -0.1) is 5.10 Å². The highest BCUT2D eigenvalue weighted by Gasteiger charge is 2.15. The molecule has 0 amide bonds. The molecule has 1 aliphatic rings. The van der Waals surface area contributed by atoms with Crippen molar-refractivity contribution >= 4 is 6.01 Å². The Balaban J connectivity index is 1.81. The van der Waals surface area contributed by atoms with Crippen LogP contribution in [0.5, 0.6) is 0 Å². The van der Waals surface area contributed by atoms with Crippen molar-refractivity contribution in [2.45, 2.75) is 44.6 Å². The van der Waals surface area contributed by atoms with Crippen LogP contribution >= 0.6 is 0 Å². The third kappa shape index (κ3) is 3.20. The van der Waals surface area contributed by atoms with Crippen molar-refractivity contribution in [3.05, 3.63) is 5.89 Å². The number of hydrogen-bond acceptors (Lipinski definition) is 5. The lowest BCUT2D eigenvalue weighted by atomic mass is 9.96. The van der Waals surface area contributed by atoms with Crippen LogP contribution in [0.2, 0.25) is 0 Å². The van der Waals surface area contributed by atoms with Crippen LogP contribution < -0.4 is 5.32 Å². The summed E-state index contributed by atoms with van der Waals surface area (Å²) in [6.07, 6.45) is 7.02. The van der Waals surface area contributed by atoms with Crippen molar-refractivity contribution < 1.29 is 9.15 Å². The molecule has 90 valence electrons. The summed E-state index contributed by atoms with van der Waals surface area (Å²) in [6, 6.07) is 1.06. The molecule has 0 atom stereocenters. The Bertz CT molecular complexity index is 308. The molecule has 0 bridgehead atoms. The SMILES string of the molecule is COCCc1nnc(NC2CCCCC2)o1. The first-order chi connectivity index (χ1) is 7.88. The van der Waals surface area contributed by atoms with Crippen LogP contribution in [-0.4, -0.2) is 30.0 Å². The topological polar surface area (TPSA) is 60.2 Å². The van der Waals surface area contributed by atoms with Crippen LogP contribution in [-0.2, 0) is 11.2 Å². The molecule has 1 aromatic rings. The van der Waals surface area contributed by atoms with E-state index in [1.54, 1.807) is 7.11 Å². The second-order valence-electron chi connectivity index (χ2n) is 4.22. The maximum Gasteiger partial charge on any atom is 0.315 e. The van der Waals surface area contributed by atoms with Gasteiger partial charge in [0.15, 0.2) is 0 Å². The van der Waals surface area contributed by atoms with Gasteiger partial charge in [0.25, 0.3) is 0 Å². The number of methoxy groups -OCH3 is 1. The van der Waals surface area contributed by atoms with Gasteiger partial charge in [-0.05, 0) is 12.8 Å². The van der Waals surface area contributed by atoms with Gasteiger partial charge in [-0.2, -0.15) is 0 Å². The highest BCUT2D eigenvalue weighted by Crippen LogP contribution is 2.20. The first-order valence-electron chi connectivity index (χ1n) is 5.96. The summed E-state index contributed by atoms with van der Waals surface area (Å²) >= 11 is 0. The number of rotatable bonds is 5. The van der Waals surface area contributed by atoms with Crippen LogP contribution in [0.4, 0.5) is 6.01 Å². The van der Waals surface area contributed by atoms with Gasteiger partial charge < -0.3 is 14.5 Å². The summed E-state index contributed by atoms with van der Waals surface area (Å²) in [5.74, 6) is 0.639. The predicted molar refractivity (Wildman–Crippen MR) is 60.4 cm³/mol. The molecule has 1 saturated carbocycles. The molecule has 16 heavy (non-hydrogen) atoms. The smallest absolute Gasteiger partial charge is 0.315 e. The van der Waals surface area contributed by atoms with E-state index in [4.69, 9.17) is 9.15 Å². The van der Waals surface area contributed by atoms with E-state index in [-0.39, 0.29) is 0 Å². The summed E-state index contributed by atoms with van der Waals surface area (Å²) in [6.45, 7) is 0.616. The van der Waals surface area contributed by atoms with E-state index in [0.29, 0.717) is 31.0 Å². The molecular formula is C11H19N3O2. The lowest BCUT2D eigenvalue weighted by molar-refractivity contribution is 0.195. The highest BCUT2D eigenvalue weighted by atomic mass is 16.5. The van der Waals surface area contributed by atoms with Gasteiger partial charge in [0, 0.05) is 19.6 Å². The number of ether oxygens (including phenoxy) is 1. The van der Waals surface area contributed by atoms with Gasteiger partial charge >= 0.3 is 6.01 Å². The fraction of sp³-hybridized carbons (Fsp3) is 0.818. The van der Waals surface area contributed by atoms with Gasteiger partial charge in [0.05, 0.1) is 6.61 Å². The predicted octanol–water partition coefficient (Wildman–Crippen LogP) is 2.00. The van der Waals surface area contributed by atoms with Gasteiger partial charge in [0.1, 0.15) is 0 Å². The number of hydrogen-bond donors (Lipinski definition) is 1. The summed E-state index contributed by atoms with van der Waals surface area (Å²) in [5.41, 5.74) is 0. The van der Waals surface area contributed by atoms with Crippen LogP contribution in [0.1, 0.15) is 38.0 Å². The molecule has 1 heterocycles. The Morgan fingerprint density at radius 2 is 2.12 bits per heavy atom. The van der Waals surface area contributed by atoms with Crippen LogP contribution in [0, 0.1) is 0 Å². The zero-order chi connectivity index (χ0) is 11.2. The largest absolute Gasteiger partial charge is 0.408 e. The average Bonchev–Trinajstić information content (AvgIpc) is 2.75. The minimum absolute atomic E-state index is 0.504. The maximum atomic E-state index is 5.48. The molecule has 0 aromatic carbocycles. The van der Waals surface area contributed by atoms with E-state index in [1.807, 2.05) is 0 Å². The zero-order valence-electron chi connectivity index (χ0n) is 9.74. The summed E-state index contributed by atoms with van der Waals surface area (Å²) < 4.78 is 10.4. The molecule has 5 heteroatoms. The van der Waals surface area contributed by atoms with E-state index in [1.165, 1.54) is 32.1 Å². The zero-order valence-corrected chi connectivity index (χ0v) is 9.74. The highest BCUT2D eigenvalue weighted by molar-refractivity contribution is 5.19. The molecule has 5 nitrogen and oxygen atoms in total. The van der Waals surface area contributed by atoms with Crippen molar-refractivity contribution in [3.63, 3.8) is 0 Å². The minimum atomic E-state index is 0.504. The van der Waals surface area contributed by atoms with Crippen molar-refractivity contribution in [1.29, 1.82) is 0 Å². The fourth-order valence-electron chi connectivity index (χ4n) is 2.02. The van der Waals surface area contributed by atoms with Gasteiger partial charge in [-0.25, -0.2) is 0 Å². The molecule has 1 N–H and O–H groups in total. The van der Waals surface area contributed by atoms with Gasteiger partial charge in [-0.1, -0.05) is 24.4 Å². The molecular weight excluding hydrogens is 206 g/mol. The van der Waals surface area contributed by atoms with Crippen molar-refractivity contribution in [1.82, 2.24) is 10.2 Å². The summed E-state index contributed by atoms with van der Waals surface area (Å²) in [5, 5.41) is 11.2. The number of nitrogens with one attached hydrogen (secondary N) is 1. The van der Waals surface area contributed by atoms with Crippen LogP contribution in [0.25, 0.3) is 0 Å². The normalized spacial score (nSPS) is 17.6. The summed E-state index contributed by atoms with van der Waals surface area (Å²) in [7, 11) is 1.66. The van der Waals surface area contributed by atoms with Crippen molar-refractivity contribution in [3.8, 4) is 0 Å². The maximum absolute atomic E-state index is 5.48. The lowest BCUT2D eigenvalue weighted by Crippen LogP contribution is -2.22. The molecule has 0 unspecified atom stereocenters. The number of aromatic nitrogens is 2. The fourth-order valence-corrected chi connectivity index (χ4v) is 2.02. The quantitative estimate of drug-likeness (QED) is 0.830. The number of nitrogens with zero attached hydrogens (tertiary/aromatic N) is 2. The van der Waals surface area contributed by atoms with E-state index in [9.17, 15) is 0 Å². The Morgan fingerprint density at radius 3 is 2.88 bits per heavy atom. The van der Waals surface area contributed by atoms with Gasteiger partial charge in [-0.3, -0.25) is 0 Å². The van der Waals surface area contributed by atoms with E-state index in [0.717, 1.165) is 0 Å². The average molecular weight is 225 g/mol. The van der Waals surface area contributed by atoms with Crippen LogP contribution in [0.3, 0.4) is 0 Å². The van der Waals surface area contributed by atoms with E-state index >= 15 is 0 Å². The first-order valence-corrected chi connectivity index (χ1v) is 5.96. The second-order valence-corrected chi connectivity index (χ2v) is 4.22. The third-order valence-corrected chi connectivity index (χ3v) is 2.92. The molecule has 0 aliphatic heterocycles. The molecule has 0 radical (unpaired) electrons. The Kier molecular flexibility index (Phi) is 4.16. The van der Waals surface area contributed by atoms with Crippen LogP contribution in [0.15, 0.2) is 4.42 Å². The Morgan fingerprint density at radius 1 is 1.31 bits per heavy atom. The van der Waals surface area contributed by atoms with Gasteiger partial charge in [0.2, 0.25) is 5.89 Å². The Hall–Kier alpha value is -1.10. The van der Waals surface area contributed by atoms with E-state index < -0.39 is 0 Å². The molecule has 0 spiro atoms. The minimum Gasteiger partial charge on any atom is -0.408 e. The monoisotopic (exact) mass is 225 g/mol. The standard InChI is InChI=1S/C11H19N3O2/c1-15-8-7-10-13-14-11(16-10)12-9-5-3-2-4-6-9/h9H,2-8H2,1H3,(H,12,14). The van der Waals surface area contributed by atoms with Crippen molar-refractivity contribution in [2.24, 2.45) is 0 Å². The third-order valence-electron chi connectivity index (χ3n) is 2.92. The summed E-state index contributed by atoms with van der Waals surface area (Å²) in [4.78, 5) is 0.